The van der Waals surface area contributed by atoms with E-state index in [0.717, 1.165) is 71.6 Å². The summed E-state index contributed by atoms with van der Waals surface area (Å²) in [6.07, 6.45) is 14.7. The third-order valence-corrected chi connectivity index (χ3v) is 12.3. The predicted octanol–water partition coefficient (Wildman–Crippen LogP) is 7.74. The van der Waals surface area contributed by atoms with Crippen LogP contribution in [0.3, 0.4) is 0 Å². The topological polar surface area (TPSA) is 66.0 Å². The highest BCUT2D eigenvalue weighted by molar-refractivity contribution is 5.74. The Hall–Kier alpha value is -1.84. The Morgan fingerprint density at radius 2 is 1.86 bits per heavy atom. The van der Waals surface area contributed by atoms with Crippen LogP contribution in [0.1, 0.15) is 91.3 Å². The minimum absolute atomic E-state index is 0.596. The van der Waals surface area contributed by atoms with Crippen LogP contribution < -0.4 is 0 Å². The van der Waals surface area contributed by atoms with Crippen LogP contribution in [0.15, 0.2) is 24.3 Å². The first kappa shape index (κ1) is 24.5. The van der Waals surface area contributed by atoms with Gasteiger partial charge >= 0.3 is 0 Å². The van der Waals surface area contributed by atoms with Crippen LogP contribution in [-0.4, -0.2) is 21.0 Å². The molecule has 0 amide bonds. The van der Waals surface area contributed by atoms with Gasteiger partial charge in [0.05, 0.1) is 11.0 Å². The zero-order valence-electron chi connectivity index (χ0n) is 22.8. The zero-order chi connectivity index (χ0) is 25.2. The smallest absolute Gasteiger partial charge is 0.300 e. The number of carbonyl (C=O) groups is 1. The highest BCUT2D eigenvalue weighted by atomic mass is 16.4. The van der Waals surface area contributed by atoms with Crippen LogP contribution in [-0.2, 0) is 11.2 Å². The number of nitrogens with one attached hydrogen (secondary N) is 1. The summed E-state index contributed by atoms with van der Waals surface area (Å²) in [6, 6.07) is 8.48. The summed E-state index contributed by atoms with van der Waals surface area (Å²) in [5.74, 6) is 8.52. The minimum Gasteiger partial charge on any atom is -0.481 e. The van der Waals surface area contributed by atoms with Gasteiger partial charge in [0.25, 0.3) is 5.97 Å². The molecule has 5 aliphatic carbocycles. The van der Waals surface area contributed by atoms with Gasteiger partial charge in [-0.05, 0) is 128 Å². The average molecular weight is 491 g/mol. The normalized spacial score (nSPS) is 42.9. The van der Waals surface area contributed by atoms with Gasteiger partial charge in [0.1, 0.15) is 5.82 Å². The van der Waals surface area contributed by atoms with Gasteiger partial charge in [-0.1, -0.05) is 32.9 Å². The predicted molar refractivity (Wildman–Crippen MR) is 144 cm³/mol. The number of rotatable bonds is 4. The molecule has 5 saturated carbocycles. The van der Waals surface area contributed by atoms with E-state index in [2.05, 4.69) is 50.0 Å². The van der Waals surface area contributed by atoms with E-state index < -0.39 is 5.97 Å². The van der Waals surface area contributed by atoms with Gasteiger partial charge in [0.15, 0.2) is 0 Å². The first-order valence-electron chi connectivity index (χ1n) is 14.8. The fraction of sp³-hybridized carbons (Fsp3) is 0.750. The van der Waals surface area contributed by atoms with Crippen molar-refractivity contribution < 1.29 is 9.90 Å². The molecule has 2 aromatic rings. The molecule has 36 heavy (non-hydrogen) atoms. The minimum atomic E-state index is -0.833. The molecule has 7 rings (SSSR count). The van der Waals surface area contributed by atoms with E-state index in [1.165, 1.54) is 37.0 Å². The quantitative estimate of drug-likeness (QED) is 0.461. The van der Waals surface area contributed by atoms with Gasteiger partial charge in [0.2, 0.25) is 0 Å². The number of hydrogen-bond acceptors (Lipinski definition) is 2. The highest BCUT2D eigenvalue weighted by Crippen LogP contribution is 2.75. The van der Waals surface area contributed by atoms with Crippen molar-refractivity contribution in [3.05, 3.63) is 30.1 Å². The second-order valence-corrected chi connectivity index (χ2v) is 13.8. The fourth-order valence-electron chi connectivity index (χ4n) is 10.7. The molecule has 196 valence electrons. The molecule has 10 unspecified atom stereocenters. The molecule has 0 bridgehead atoms. The molecule has 10 atom stereocenters. The number of carboxylic acids is 1. The summed E-state index contributed by atoms with van der Waals surface area (Å²) in [6.45, 7) is 9.14. The second-order valence-electron chi connectivity index (χ2n) is 13.8. The van der Waals surface area contributed by atoms with Crippen LogP contribution in [0.5, 0.6) is 0 Å². The molecule has 1 aromatic carbocycles. The van der Waals surface area contributed by atoms with E-state index in [1.807, 2.05) is 0 Å². The Morgan fingerprint density at radius 3 is 2.64 bits per heavy atom. The molecule has 4 heteroatoms. The van der Waals surface area contributed by atoms with Crippen molar-refractivity contribution in [3.8, 4) is 0 Å². The molecule has 1 heterocycles. The maximum atomic E-state index is 9.00. The molecule has 0 radical (unpaired) electrons. The lowest BCUT2D eigenvalue weighted by Crippen LogP contribution is -2.52. The molecule has 5 fully saturated rings. The van der Waals surface area contributed by atoms with E-state index in [1.54, 1.807) is 32.1 Å². The third kappa shape index (κ3) is 3.84. The monoisotopic (exact) mass is 490 g/mol. The van der Waals surface area contributed by atoms with E-state index in [0.29, 0.717) is 5.41 Å². The Balaban J connectivity index is 0.000000562. The number of imidazole rings is 1. The summed E-state index contributed by atoms with van der Waals surface area (Å²) in [4.78, 5) is 17.4. The number of carboxylic acid groups (broad SMARTS) is 1. The van der Waals surface area contributed by atoms with E-state index in [-0.39, 0.29) is 0 Å². The lowest BCUT2D eigenvalue weighted by atomic mass is 9.46. The number of aliphatic carboxylic acids is 1. The number of hydrogen-bond donors (Lipinski definition) is 2. The number of aromatic nitrogens is 2. The number of aromatic amines is 1. The van der Waals surface area contributed by atoms with Gasteiger partial charge in [-0.2, -0.15) is 0 Å². The van der Waals surface area contributed by atoms with Crippen LogP contribution in [0.25, 0.3) is 11.0 Å². The lowest BCUT2D eigenvalue weighted by molar-refractivity contribution is -0.134. The number of nitrogens with zero attached hydrogens (tertiary/aromatic N) is 1. The van der Waals surface area contributed by atoms with E-state index in [9.17, 15) is 0 Å². The number of aryl methyl sites for hydroxylation is 1. The summed E-state index contributed by atoms with van der Waals surface area (Å²) in [5, 5.41) is 7.42. The number of para-hydroxylation sites is 2. The fourth-order valence-corrected chi connectivity index (χ4v) is 10.7. The van der Waals surface area contributed by atoms with Crippen LogP contribution >= 0.6 is 0 Å². The third-order valence-electron chi connectivity index (χ3n) is 12.3. The van der Waals surface area contributed by atoms with Gasteiger partial charge in [-0.3, -0.25) is 4.79 Å². The van der Waals surface area contributed by atoms with Crippen molar-refractivity contribution in [2.24, 2.45) is 58.2 Å². The van der Waals surface area contributed by atoms with Crippen molar-refractivity contribution in [1.82, 2.24) is 9.97 Å². The van der Waals surface area contributed by atoms with Gasteiger partial charge < -0.3 is 10.1 Å². The van der Waals surface area contributed by atoms with Crippen molar-refractivity contribution >= 4 is 17.0 Å². The highest BCUT2D eigenvalue weighted by Gasteiger charge is 2.68. The first-order chi connectivity index (χ1) is 17.2. The SMILES string of the molecule is CC(=O)O.CC(CCc1nc2ccccc2[nH]1)C1CCC2C3CCC4CC5CC5C4(C)C3CCC12C. The Labute approximate surface area is 217 Å². The number of fused-ring (bicyclic) bond motifs is 8. The summed E-state index contributed by atoms with van der Waals surface area (Å²) < 4.78 is 0. The second kappa shape index (κ2) is 8.88. The van der Waals surface area contributed by atoms with Crippen LogP contribution in [0.4, 0.5) is 0 Å². The maximum Gasteiger partial charge on any atom is 0.300 e. The summed E-state index contributed by atoms with van der Waals surface area (Å²) in [7, 11) is 0. The molecule has 4 nitrogen and oxygen atoms in total. The van der Waals surface area contributed by atoms with E-state index in [4.69, 9.17) is 14.9 Å². The molecule has 0 aliphatic heterocycles. The van der Waals surface area contributed by atoms with E-state index >= 15 is 0 Å². The summed E-state index contributed by atoms with van der Waals surface area (Å²) >= 11 is 0. The molecule has 1 aromatic heterocycles. The molecular weight excluding hydrogens is 444 g/mol. The van der Waals surface area contributed by atoms with Crippen LogP contribution in [0.2, 0.25) is 0 Å². The molecule has 2 N–H and O–H groups in total. The largest absolute Gasteiger partial charge is 0.481 e. The Kier molecular flexibility index (Phi) is 6.04. The Bertz CT molecular complexity index is 1090. The van der Waals surface area contributed by atoms with Crippen LogP contribution in [0, 0.1) is 58.2 Å². The van der Waals surface area contributed by atoms with Crippen molar-refractivity contribution in [2.45, 2.75) is 91.9 Å². The first-order valence-corrected chi connectivity index (χ1v) is 14.8. The average Bonchev–Trinajstić information content (AvgIpc) is 3.21. The standard InChI is InChI=1S/C30H42N2.C2H4O2/c1-18(8-13-28-31-26-6-4-5-7-27(26)32-28)22-11-12-23-21-10-9-20-16-19-17-25(19)30(20,3)24(21)14-15-29(22,23)2;1-2(3)4/h4-7,18-25H,8-17H2,1-3H3,(H,31,32);1H3,(H,3,4). The maximum absolute atomic E-state index is 9.00. The molecule has 5 aliphatic rings. The summed E-state index contributed by atoms with van der Waals surface area (Å²) in [5.41, 5.74) is 3.63. The number of benzene rings is 1. The van der Waals surface area contributed by atoms with Gasteiger partial charge in [-0.15, -0.1) is 0 Å². The van der Waals surface area contributed by atoms with Gasteiger partial charge in [0, 0.05) is 13.3 Å². The van der Waals surface area contributed by atoms with Crippen molar-refractivity contribution in [3.63, 3.8) is 0 Å². The Morgan fingerprint density at radius 1 is 1.08 bits per heavy atom. The molecular formula is C32H46N2O2. The van der Waals surface area contributed by atoms with Crippen molar-refractivity contribution in [1.29, 1.82) is 0 Å². The van der Waals surface area contributed by atoms with Gasteiger partial charge in [-0.25, -0.2) is 4.98 Å². The lowest BCUT2D eigenvalue weighted by Gasteiger charge is -2.59. The van der Waals surface area contributed by atoms with Crippen molar-refractivity contribution in [2.75, 3.05) is 0 Å². The number of H-pyrrole nitrogens is 1. The zero-order valence-corrected chi connectivity index (χ0v) is 22.8. The molecule has 0 spiro atoms. The molecule has 0 saturated heterocycles.